The Morgan fingerprint density at radius 2 is 1.05 bits per heavy atom. The van der Waals surface area contributed by atoms with Crippen LogP contribution >= 0.6 is 0 Å². The van der Waals surface area contributed by atoms with E-state index in [0.29, 0.717) is 6.67 Å². The van der Waals surface area contributed by atoms with Crippen molar-refractivity contribution >= 4 is 23.0 Å². The van der Waals surface area contributed by atoms with Crippen LogP contribution in [0.5, 0.6) is 0 Å². The van der Waals surface area contributed by atoms with E-state index in [9.17, 15) is 10.4 Å². The van der Waals surface area contributed by atoms with Crippen LogP contribution in [0.3, 0.4) is 0 Å². The Bertz CT molecular complexity index is 611. The van der Waals surface area contributed by atoms with Crippen LogP contribution in [0.4, 0.5) is 11.4 Å². The number of amidine groups is 2. The summed E-state index contributed by atoms with van der Waals surface area (Å²) in [6, 6.07) is 19.0. The Kier molecular flexibility index (Phi) is 3.42. The molecule has 6 nitrogen and oxygen atoms in total. The van der Waals surface area contributed by atoms with Gasteiger partial charge in [0.25, 0.3) is 0 Å². The molecule has 1 heterocycles. The van der Waals surface area contributed by atoms with E-state index in [4.69, 9.17) is 0 Å². The highest BCUT2D eigenvalue weighted by atomic mass is 16.4. The summed E-state index contributed by atoms with van der Waals surface area (Å²) in [6.07, 6.45) is 0. The number of hydrogen-bond donors (Lipinski definition) is 2. The van der Waals surface area contributed by atoms with Gasteiger partial charge in [-0.2, -0.15) is 0 Å². The SMILES string of the molecule is ON=C1/C(=N\O)N(c2ccccc2)CN1c1ccccc1. The van der Waals surface area contributed by atoms with Crippen LogP contribution in [-0.2, 0) is 0 Å². The summed E-state index contributed by atoms with van der Waals surface area (Å²) in [7, 11) is 0. The van der Waals surface area contributed by atoms with Crippen LogP contribution in [-0.4, -0.2) is 28.8 Å². The van der Waals surface area contributed by atoms with Gasteiger partial charge >= 0.3 is 0 Å². The minimum atomic E-state index is 0.201. The first-order valence-electron chi connectivity index (χ1n) is 6.45. The first-order chi connectivity index (χ1) is 10.3. The lowest BCUT2D eigenvalue weighted by Gasteiger charge is -2.19. The van der Waals surface area contributed by atoms with E-state index in [1.54, 1.807) is 9.80 Å². The van der Waals surface area contributed by atoms with Gasteiger partial charge in [0.2, 0.25) is 11.7 Å². The molecule has 0 atom stereocenters. The van der Waals surface area contributed by atoms with Crippen molar-refractivity contribution in [3.8, 4) is 0 Å². The van der Waals surface area contributed by atoms with E-state index in [0.717, 1.165) is 11.4 Å². The molecule has 0 radical (unpaired) electrons. The predicted octanol–water partition coefficient (Wildman–Crippen LogP) is 2.55. The zero-order chi connectivity index (χ0) is 14.7. The van der Waals surface area contributed by atoms with Crippen LogP contribution in [0.25, 0.3) is 0 Å². The Morgan fingerprint density at radius 1 is 0.667 bits per heavy atom. The molecule has 0 saturated carbocycles. The maximum atomic E-state index is 9.29. The number of benzene rings is 2. The highest BCUT2D eigenvalue weighted by Crippen LogP contribution is 2.25. The molecular formula is C15H14N4O2. The standard InChI is InChI=1S/C15H14N4O2/c20-16-14-15(17-21)19(13-9-5-2-6-10-13)11-18(14)12-7-3-1-4-8-12/h1-10,20-21H,11H2/b16-14+,17-15?. The lowest BCUT2D eigenvalue weighted by Crippen LogP contribution is -2.27. The monoisotopic (exact) mass is 282 g/mol. The molecule has 0 spiro atoms. The van der Waals surface area contributed by atoms with E-state index < -0.39 is 0 Å². The van der Waals surface area contributed by atoms with Crippen molar-refractivity contribution < 1.29 is 10.4 Å². The molecule has 0 amide bonds. The molecule has 0 bridgehead atoms. The van der Waals surface area contributed by atoms with Crippen molar-refractivity contribution in [1.29, 1.82) is 0 Å². The van der Waals surface area contributed by atoms with Crippen LogP contribution < -0.4 is 9.80 Å². The van der Waals surface area contributed by atoms with Crippen molar-refractivity contribution in [3.63, 3.8) is 0 Å². The van der Waals surface area contributed by atoms with E-state index in [1.807, 2.05) is 60.7 Å². The quantitative estimate of drug-likeness (QED) is 0.656. The third-order valence-electron chi connectivity index (χ3n) is 3.32. The lowest BCUT2D eigenvalue weighted by molar-refractivity contribution is 0.314. The number of hydrogen-bond acceptors (Lipinski definition) is 4. The van der Waals surface area contributed by atoms with Crippen molar-refractivity contribution in [2.24, 2.45) is 10.3 Å². The highest BCUT2D eigenvalue weighted by Gasteiger charge is 2.35. The van der Waals surface area contributed by atoms with Crippen molar-refractivity contribution in [3.05, 3.63) is 60.7 Å². The molecular weight excluding hydrogens is 268 g/mol. The number of nitrogens with zero attached hydrogens (tertiary/aromatic N) is 4. The maximum absolute atomic E-state index is 9.29. The van der Waals surface area contributed by atoms with Gasteiger partial charge in [0.1, 0.15) is 6.67 Å². The van der Waals surface area contributed by atoms with Crippen molar-refractivity contribution in [1.82, 2.24) is 0 Å². The first kappa shape index (κ1) is 13.0. The molecule has 2 aromatic carbocycles. The van der Waals surface area contributed by atoms with Crippen LogP contribution in [0.15, 0.2) is 71.0 Å². The molecule has 3 rings (SSSR count). The van der Waals surface area contributed by atoms with Gasteiger partial charge in [0, 0.05) is 11.4 Å². The topological polar surface area (TPSA) is 71.7 Å². The summed E-state index contributed by atoms with van der Waals surface area (Å²) in [5, 5.41) is 25.2. The fourth-order valence-electron chi connectivity index (χ4n) is 2.34. The summed E-state index contributed by atoms with van der Waals surface area (Å²) >= 11 is 0. The number of anilines is 2. The predicted molar refractivity (Wildman–Crippen MR) is 81.2 cm³/mol. The Hall–Kier alpha value is -3.02. The van der Waals surface area contributed by atoms with Crippen LogP contribution in [0, 0.1) is 0 Å². The van der Waals surface area contributed by atoms with E-state index in [1.165, 1.54) is 0 Å². The second-order valence-electron chi connectivity index (χ2n) is 4.52. The number of oxime groups is 2. The molecule has 1 aliphatic rings. The van der Waals surface area contributed by atoms with Crippen molar-refractivity contribution in [2.75, 3.05) is 16.5 Å². The minimum absolute atomic E-state index is 0.201. The molecule has 0 aromatic heterocycles. The fourth-order valence-corrected chi connectivity index (χ4v) is 2.34. The van der Waals surface area contributed by atoms with Gasteiger partial charge < -0.3 is 20.2 Å². The smallest absolute Gasteiger partial charge is 0.220 e. The zero-order valence-corrected chi connectivity index (χ0v) is 11.2. The summed E-state index contributed by atoms with van der Waals surface area (Å²) in [4.78, 5) is 3.53. The first-order valence-corrected chi connectivity index (χ1v) is 6.45. The third-order valence-corrected chi connectivity index (χ3v) is 3.32. The van der Waals surface area contributed by atoms with Gasteiger partial charge in [-0.15, -0.1) is 0 Å². The second kappa shape index (κ2) is 5.54. The van der Waals surface area contributed by atoms with Crippen molar-refractivity contribution in [2.45, 2.75) is 0 Å². The summed E-state index contributed by atoms with van der Waals surface area (Å²) in [6.45, 7) is 0.396. The van der Waals surface area contributed by atoms with E-state index in [-0.39, 0.29) is 11.7 Å². The Labute approximate surface area is 121 Å². The minimum Gasteiger partial charge on any atom is -0.409 e. The lowest BCUT2D eigenvalue weighted by atomic mass is 10.3. The molecule has 1 fully saturated rings. The molecule has 2 N–H and O–H groups in total. The molecule has 1 aliphatic heterocycles. The van der Waals surface area contributed by atoms with E-state index >= 15 is 0 Å². The van der Waals surface area contributed by atoms with Gasteiger partial charge in [-0.25, -0.2) is 0 Å². The fraction of sp³-hybridized carbons (Fsp3) is 0.0667. The molecule has 106 valence electrons. The maximum Gasteiger partial charge on any atom is 0.220 e. The Morgan fingerprint density at radius 3 is 1.38 bits per heavy atom. The number of para-hydroxylation sites is 2. The average Bonchev–Trinajstić information content (AvgIpc) is 2.95. The molecule has 0 aliphatic carbocycles. The third kappa shape index (κ3) is 2.27. The molecule has 2 aromatic rings. The van der Waals surface area contributed by atoms with Gasteiger partial charge in [0.05, 0.1) is 0 Å². The number of rotatable bonds is 2. The normalized spacial score (nSPS) is 18.7. The summed E-state index contributed by atoms with van der Waals surface area (Å²) in [5.41, 5.74) is 1.70. The zero-order valence-electron chi connectivity index (χ0n) is 11.2. The molecule has 21 heavy (non-hydrogen) atoms. The largest absolute Gasteiger partial charge is 0.409 e. The van der Waals surface area contributed by atoms with Gasteiger partial charge in [0.15, 0.2) is 0 Å². The highest BCUT2D eigenvalue weighted by molar-refractivity contribution is 6.52. The average molecular weight is 282 g/mol. The summed E-state index contributed by atoms with van der Waals surface area (Å²) in [5.74, 6) is 0.403. The van der Waals surface area contributed by atoms with Crippen LogP contribution in [0.2, 0.25) is 0 Å². The van der Waals surface area contributed by atoms with Gasteiger partial charge in [-0.1, -0.05) is 46.7 Å². The van der Waals surface area contributed by atoms with Crippen LogP contribution in [0.1, 0.15) is 0 Å². The molecule has 1 saturated heterocycles. The van der Waals surface area contributed by atoms with Gasteiger partial charge in [-0.3, -0.25) is 0 Å². The molecule has 0 unspecified atom stereocenters. The molecule has 6 heteroatoms. The summed E-state index contributed by atoms with van der Waals surface area (Å²) < 4.78 is 0. The Balaban J connectivity index is 2.02. The van der Waals surface area contributed by atoms with Gasteiger partial charge in [-0.05, 0) is 24.3 Å². The second-order valence-corrected chi connectivity index (χ2v) is 4.52. The van der Waals surface area contributed by atoms with E-state index in [2.05, 4.69) is 10.3 Å².